The van der Waals surface area contributed by atoms with E-state index in [1.54, 1.807) is 0 Å². The maximum Gasteiger partial charge on any atom is -0.0177 e. The molecular weight excluding hydrogens is 96.1 g/mol. The average molecular weight is 110 g/mol. The summed E-state index contributed by atoms with van der Waals surface area (Å²) in [6.45, 7) is 6.73. The van der Waals surface area contributed by atoms with Crippen LogP contribution in [-0.2, 0) is 0 Å². The summed E-state index contributed by atoms with van der Waals surface area (Å²) in [6, 6.07) is 0. The van der Waals surface area contributed by atoms with Crippen molar-refractivity contribution >= 4 is 0 Å². The third kappa shape index (κ3) is 0.936. The molecule has 1 saturated carbocycles. The monoisotopic (exact) mass is 110 g/mol. The van der Waals surface area contributed by atoms with E-state index >= 15 is 0 Å². The van der Waals surface area contributed by atoms with Crippen LogP contribution in [0.2, 0.25) is 0 Å². The van der Waals surface area contributed by atoms with Crippen LogP contribution in [0.5, 0.6) is 0 Å². The lowest BCUT2D eigenvalue weighted by molar-refractivity contribution is 0.610. The van der Waals surface area contributed by atoms with Crippen LogP contribution in [0.3, 0.4) is 0 Å². The van der Waals surface area contributed by atoms with E-state index < -0.39 is 0 Å². The molecule has 0 aliphatic heterocycles. The molecule has 0 radical (unpaired) electrons. The van der Waals surface area contributed by atoms with E-state index in [4.69, 9.17) is 0 Å². The van der Waals surface area contributed by atoms with Gasteiger partial charge in [-0.2, -0.15) is 0 Å². The van der Waals surface area contributed by atoms with Gasteiger partial charge in [-0.15, -0.1) is 0 Å². The molecule has 46 valence electrons. The van der Waals surface area contributed by atoms with Crippen LogP contribution in [0.15, 0.2) is 12.2 Å². The highest BCUT2D eigenvalue weighted by atomic mass is 14.5. The molecule has 0 amide bonds. The van der Waals surface area contributed by atoms with Crippen molar-refractivity contribution < 1.29 is 0 Å². The van der Waals surface area contributed by atoms with E-state index in [2.05, 4.69) is 32.9 Å². The molecule has 0 heterocycles. The maximum absolute atomic E-state index is 2.32. The lowest BCUT2D eigenvalue weighted by Crippen LogP contribution is -1.84. The van der Waals surface area contributed by atoms with E-state index in [0.717, 1.165) is 5.92 Å². The minimum Gasteiger partial charge on any atom is -0.0914 e. The SMILES string of the molecule is C/C=C/C1CC1(C)C. The lowest BCUT2D eigenvalue weighted by Gasteiger charge is -1.93. The molecule has 0 N–H and O–H groups in total. The van der Waals surface area contributed by atoms with Gasteiger partial charge in [0.1, 0.15) is 0 Å². The van der Waals surface area contributed by atoms with Crippen LogP contribution in [0.25, 0.3) is 0 Å². The van der Waals surface area contributed by atoms with Crippen molar-refractivity contribution in [3.63, 3.8) is 0 Å². The molecule has 1 aliphatic carbocycles. The number of hydrogen-bond acceptors (Lipinski definition) is 0. The summed E-state index contributed by atoms with van der Waals surface area (Å²) in [7, 11) is 0. The average Bonchev–Trinajstić information content (AvgIpc) is 2.15. The summed E-state index contributed by atoms with van der Waals surface area (Å²) in [5, 5.41) is 0. The van der Waals surface area contributed by atoms with Crippen molar-refractivity contribution in [3.8, 4) is 0 Å². The quantitative estimate of drug-likeness (QED) is 0.455. The topological polar surface area (TPSA) is 0 Å². The van der Waals surface area contributed by atoms with E-state index in [9.17, 15) is 0 Å². The van der Waals surface area contributed by atoms with Crippen LogP contribution in [0.1, 0.15) is 27.2 Å². The predicted octanol–water partition coefficient (Wildman–Crippen LogP) is 2.61. The fraction of sp³-hybridized carbons (Fsp3) is 0.750. The molecule has 0 nitrogen and oxygen atoms in total. The van der Waals surface area contributed by atoms with Crippen molar-refractivity contribution in [2.45, 2.75) is 27.2 Å². The van der Waals surface area contributed by atoms with Crippen molar-refractivity contribution in [3.05, 3.63) is 12.2 Å². The van der Waals surface area contributed by atoms with Gasteiger partial charge in [0.2, 0.25) is 0 Å². The molecule has 8 heavy (non-hydrogen) atoms. The van der Waals surface area contributed by atoms with Crippen LogP contribution >= 0.6 is 0 Å². The Kier molecular flexibility index (Phi) is 1.18. The Morgan fingerprint density at radius 1 is 1.50 bits per heavy atom. The second-order valence-electron chi connectivity index (χ2n) is 3.32. The molecule has 0 aromatic heterocycles. The molecular formula is C8H14. The summed E-state index contributed by atoms with van der Waals surface area (Å²) >= 11 is 0. The van der Waals surface area contributed by atoms with Crippen molar-refractivity contribution in [2.24, 2.45) is 11.3 Å². The molecule has 1 atom stereocenters. The Labute approximate surface area is 51.6 Å². The molecule has 0 bridgehead atoms. The Morgan fingerprint density at radius 2 is 2.00 bits per heavy atom. The van der Waals surface area contributed by atoms with Gasteiger partial charge in [-0.25, -0.2) is 0 Å². The summed E-state index contributed by atoms with van der Waals surface area (Å²) in [4.78, 5) is 0. The highest BCUT2D eigenvalue weighted by Crippen LogP contribution is 2.52. The number of rotatable bonds is 1. The van der Waals surface area contributed by atoms with Gasteiger partial charge in [0.15, 0.2) is 0 Å². The highest BCUT2D eigenvalue weighted by Gasteiger charge is 2.43. The third-order valence-electron chi connectivity index (χ3n) is 2.01. The molecule has 1 aliphatic rings. The predicted molar refractivity (Wildman–Crippen MR) is 36.7 cm³/mol. The number of hydrogen-bond donors (Lipinski definition) is 0. The Hall–Kier alpha value is -0.260. The van der Waals surface area contributed by atoms with Gasteiger partial charge in [-0.3, -0.25) is 0 Å². The maximum atomic E-state index is 2.32. The van der Waals surface area contributed by atoms with E-state index in [0.29, 0.717) is 5.41 Å². The highest BCUT2D eigenvalue weighted by molar-refractivity contribution is 5.06. The Morgan fingerprint density at radius 3 is 2.12 bits per heavy atom. The summed E-state index contributed by atoms with van der Waals surface area (Å²) in [5.74, 6) is 0.882. The van der Waals surface area contributed by atoms with Crippen molar-refractivity contribution in [1.29, 1.82) is 0 Å². The summed E-state index contributed by atoms with van der Waals surface area (Å²) < 4.78 is 0. The minimum atomic E-state index is 0.631. The van der Waals surface area contributed by atoms with Gasteiger partial charge in [-0.05, 0) is 24.7 Å². The van der Waals surface area contributed by atoms with Gasteiger partial charge < -0.3 is 0 Å². The second-order valence-corrected chi connectivity index (χ2v) is 3.32. The minimum absolute atomic E-state index is 0.631. The Bertz CT molecular complexity index is 109. The van der Waals surface area contributed by atoms with Crippen LogP contribution in [-0.4, -0.2) is 0 Å². The van der Waals surface area contributed by atoms with Crippen LogP contribution in [0, 0.1) is 11.3 Å². The zero-order valence-corrected chi connectivity index (χ0v) is 5.94. The first-order valence-electron chi connectivity index (χ1n) is 3.29. The van der Waals surface area contributed by atoms with Crippen LogP contribution < -0.4 is 0 Å². The Balaban J connectivity index is 2.37. The zero-order chi connectivity index (χ0) is 6.20. The summed E-state index contributed by atoms with van der Waals surface area (Å²) in [5.41, 5.74) is 0.631. The largest absolute Gasteiger partial charge is 0.0914 e. The molecule has 0 heteroatoms. The summed E-state index contributed by atoms with van der Waals surface area (Å²) in [6.07, 6.45) is 5.84. The van der Waals surface area contributed by atoms with E-state index in [-0.39, 0.29) is 0 Å². The molecule has 0 spiro atoms. The van der Waals surface area contributed by atoms with Crippen LogP contribution in [0.4, 0.5) is 0 Å². The van der Waals surface area contributed by atoms with Gasteiger partial charge >= 0.3 is 0 Å². The zero-order valence-electron chi connectivity index (χ0n) is 5.94. The van der Waals surface area contributed by atoms with Gasteiger partial charge in [0.05, 0.1) is 0 Å². The molecule has 1 rings (SSSR count). The van der Waals surface area contributed by atoms with Gasteiger partial charge in [-0.1, -0.05) is 26.0 Å². The van der Waals surface area contributed by atoms with Crippen molar-refractivity contribution in [2.75, 3.05) is 0 Å². The first-order valence-corrected chi connectivity index (χ1v) is 3.29. The smallest absolute Gasteiger partial charge is 0.0177 e. The third-order valence-corrected chi connectivity index (χ3v) is 2.01. The molecule has 0 aromatic rings. The van der Waals surface area contributed by atoms with Gasteiger partial charge in [0.25, 0.3) is 0 Å². The molecule has 1 fully saturated rings. The second kappa shape index (κ2) is 1.61. The first-order chi connectivity index (χ1) is 3.67. The fourth-order valence-corrected chi connectivity index (χ4v) is 1.07. The number of allylic oxidation sites excluding steroid dienone is 2. The normalized spacial score (nSPS) is 33.6. The fourth-order valence-electron chi connectivity index (χ4n) is 1.07. The molecule has 1 unspecified atom stereocenters. The first kappa shape index (κ1) is 5.87. The van der Waals surface area contributed by atoms with E-state index in [1.807, 2.05) is 0 Å². The lowest BCUT2D eigenvalue weighted by atomic mass is 10.1. The van der Waals surface area contributed by atoms with E-state index in [1.165, 1.54) is 6.42 Å². The molecule has 0 aromatic carbocycles. The molecule has 0 saturated heterocycles. The standard InChI is InChI=1S/C8H14/c1-4-5-7-6-8(7,2)3/h4-5,7H,6H2,1-3H3/b5-4+. The van der Waals surface area contributed by atoms with Crippen molar-refractivity contribution in [1.82, 2.24) is 0 Å². The van der Waals surface area contributed by atoms with Gasteiger partial charge in [0, 0.05) is 0 Å².